The summed E-state index contributed by atoms with van der Waals surface area (Å²) in [6.45, 7) is 0. The highest BCUT2D eigenvalue weighted by Gasteiger charge is 2.31. The van der Waals surface area contributed by atoms with Crippen LogP contribution < -0.4 is 5.01 Å². The molecule has 0 radical (unpaired) electrons. The second-order valence-corrected chi connectivity index (χ2v) is 5.37. The van der Waals surface area contributed by atoms with Crippen molar-refractivity contribution in [2.75, 3.05) is 5.01 Å². The van der Waals surface area contributed by atoms with E-state index in [0.29, 0.717) is 17.4 Å². The number of amides is 1. The van der Waals surface area contributed by atoms with E-state index in [9.17, 15) is 4.79 Å². The number of rotatable bonds is 2. The summed E-state index contributed by atoms with van der Waals surface area (Å²) < 4.78 is 0. The van der Waals surface area contributed by atoms with Gasteiger partial charge in [-0.05, 0) is 43.0 Å². The van der Waals surface area contributed by atoms with Crippen molar-refractivity contribution < 1.29 is 4.79 Å². The van der Waals surface area contributed by atoms with Gasteiger partial charge >= 0.3 is 0 Å². The number of nitrogens with zero attached hydrogens (tertiary/aromatic N) is 2. The Morgan fingerprint density at radius 2 is 1.83 bits per heavy atom. The van der Waals surface area contributed by atoms with Gasteiger partial charge < -0.3 is 0 Å². The third kappa shape index (κ3) is 2.15. The minimum absolute atomic E-state index is 0.0687. The summed E-state index contributed by atoms with van der Waals surface area (Å²) >= 11 is 5.85. The molecule has 1 aromatic rings. The van der Waals surface area contributed by atoms with Gasteiger partial charge in [0.1, 0.15) is 0 Å². The molecule has 0 saturated heterocycles. The highest BCUT2D eigenvalue weighted by atomic mass is 35.5. The van der Waals surface area contributed by atoms with Gasteiger partial charge in [0.25, 0.3) is 5.91 Å². The zero-order valence-corrected chi connectivity index (χ0v) is 10.9. The molecule has 94 valence electrons. The van der Waals surface area contributed by atoms with Crippen molar-refractivity contribution in [1.29, 1.82) is 0 Å². The molecule has 0 aromatic heterocycles. The molecule has 4 heteroatoms. The number of hydrogen-bond donors (Lipinski definition) is 0. The van der Waals surface area contributed by atoms with Crippen LogP contribution in [-0.2, 0) is 4.79 Å². The van der Waals surface area contributed by atoms with Crippen LogP contribution in [0.5, 0.6) is 0 Å². The Morgan fingerprint density at radius 3 is 2.50 bits per heavy atom. The second-order valence-electron chi connectivity index (χ2n) is 4.93. The third-order valence-corrected chi connectivity index (χ3v) is 3.95. The zero-order valence-electron chi connectivity index (χ0n) is 10.1. The van der Waals surface area contributed by atoms with Crippen LogP contribution in [-0.4, -0.2) is 11.6 Å². The molecule has 1 aliphatic heterocycles. The molecular weight excluding hydrogens is 248 g/mol. The van der Waals surface area contributed by atoms with Crippen molar-refractivity contribution in [2.24, 2.45) is 11.0 Å². The van der Waals surface area contributed by atoms with Gasteiger partial charge in [0.2, 0.25) is 0 Å². The van der Waals surface area contributed by atoms with Crippen LogP contribution in [0.2, 0.25) is 5.02 Å². The van der Waals surface area contributed by atoms with Crippen molar-refractivity contribution in [1.82, 2.24) is 0 Å². The summed E-state index contributed by atoms with van der Waals surface area (Å²) in [6.07, 6.45) is 5.37. The first-order chi connectivity index (χ1) is 8.74. The molecule has 3 nitrogen and oxygen atoms in total. The van der Waals surface area contributed by atoms with Crippen molar-refractivity contribution in [3.8, 4) is 0 Å². The first kappa shape index (κ1) is 11.7. The highest BCUT2D eigenvalue weighted by molar-refractivity contribution is 6.30. The van der Waals surface area contributed by atoms with E-state index in [4.69, 9.17) is 11.6 Å². The normalized spacial score (nSPS) is 20.6. The molecule has 1 aliphatic carbocycles. The number of benzene rings is 1. The number of hydrogen-bond acceptors (Lipinski definition) is 2. The van der Waals surface area contributed by atoms with Crippen LogP contribution in [0.3, 0.4) is 0 Å². The molecule has 18 heavy (non-hydrogen) atoms. The van der Waals surface area contributed by atoms with Crippen molar-refractivity contribution in [3.63, 3.8) is 0 Å². The fourth-order valence-electron chi connectivity index (χ4n) is 2.72. The van der Waals surface area contributed by atoms with Gasteiger partial charge in [0.05, 0.1) is 17.8 Å². The van der Waals surface area contributed by atoms with Crippen LogP contribution in [0, 0.1) is 5.92 Å². The number of carbonyl (C=O) groups is 1. The van der Waals surface area contributed by atoms with Gasteiger partial charge in [0.15, 0.2) is 0 Å². The number of hydrazone groups is 1. The van der Waals surface area contributed by atoms with Crippen LogP contribution in [0.15, 0.2) is 29.4 Å². The predicted octanol–water partition coefficient (Wildman–Crippen LogP) is 3.62. The lowest BCUT2D eigenvalue weighted by molar-refractivity contribution is -0.116. The molecular formula is C14H15ClN2O. The molecule has 1 saturated carbocycles. The summed E-state index contributed by atoms with van der Waals surface area (Å²) in [7, 11) is 0. The van der Waals surface area contributed by atoms with E-state index in [1.54, 1.807) is 12.1 Å². The van der Waals surface area contributed by atoms with E-state index in [2.05, 4.69) is 5.10 Å². The summed E-state index contributed by atoms with van der Waals surface area (Å²) in [5.41, 5.74) is 1.87. The van der Waals surface area contributed by atoms with Gasteiger partial charge in [0, 0.05) is 5.02 Å². The Morgan fingerprint density at radius 1 is 1.17 bits per heavy atom. The molecule has 1 heterocycles. The van der Waals surface area contributed by atoms with Gasteiger partial charge in [-0.15, -0.1) is 0 Å². The molecule has 0 atom stereocenters. The lowest BCUT2D eigenvalue weighted by Gasteiger charge is -2.11. The van der Waals surface area contributed by atoms with E-state index in [1.165, 1.54) is 30.7 Å². The quantitative estimate of drug-likeness (QED) is 0.801. The third-order valence-electron chi connectivity index (χ3n) is 3.69. The lowest BCUT2D eigenvalue weighted by Crippen LogP contribution is -2.19. The van der Waals surface area contributed by atoms with Crippen molar-refractivity contribution >= 4 is 28.9 Å². The smallest absolute Gasteiger partial charge is 0.253 e. The average molecular weight is 263 g/mol. The predicted molar refractivity (Wildman–Crippen MR) is 72.9 cm³/mol. The molecule has 0 N–H and O–H groups in total. The van der Waals surface area contributed by atoms with E-state index < -0.39 is 0 Å². The fraction of sp³-hybridized carbons (Fsp3) is 0.429. The first-order valence-corrected chi connectivity index (χ1v) is 6.78. The molecule has 3 rings (SSSR count). The Hall–Kier alpha value is -1.35. The Bertz CT molecular complexity index is 489. The zero-order chi connectivity index (χ0) is 12.5. The van der Waals surface area contributed by atoms with E-state index in [0.717, 1.165) is 11.4 Å². The van der Waals surface area contributed by atoms with Gasteiger partial charge in [-0.3, -0.25) is 4.79 Å². The number of halogens is 1. The van der Waals surface area contributed by atoms with Crippen LogP contribution in [0.1, 0.15) is 32.1 Å². The molecule has 1 amide bonds. The monoisotopic (exact) mass is 262 g/mol. The van der Waals surface area contributed by atoms with Crippen molar-refractivity contribution in [3.05, 3.63) is 29.3 Å². The lowest BCUT2D eigenvalue weighted by atomic mass is 10.00. The maximum Gasteiger partial charge on any atom is 0.253 e. The summed E-state index contributed by atoms with van der Waals surface area (Å²) in [6, 6.07) is 7.24. The maximum absolute atomic E-state index is 12.0. The van der Waals surface area contributed by atoms with E-state index in [-0.39, 0.29) is 5.91 Å². The largest absolute Gasteiger partial charge is 0.272 e. The summed E-state index contributed by atoms with van der Waals surface area (Å²) in [5, 5.41) is 6.70. The van der Waals surface area contributed by atoms with Gasteiger partial charge in [-0.25, -0.2) is 5.01 Å². The Kier molecular flexibility index (Phi) is 3.08. The Balaban J connectivity index is 1.83. The summed E-state index contributed by atoms with van der Waals surface area (Å²) in [4.78, 5) is 12.0. The van der Waals surface area contributed by atoms with Crippen LogP contribution in [0.4, 0.5) is 5.69 Å². The van der Waals surface area contributed by atoms with Gasteiger partial charge in [-0.2, -0.15) is 5.10 Å². The van der Waals surface area contributed by atoms with E-state index >= 15 is 0 Å². The molecule has 0 spiro atoms. The maximum atomic E-state index is 12.0. The molecule has 2 aliphatic rings. The standard InChI is InChI=1S/C14H15ClN2O/c15-11-5-7-12(8-6-11)17-14(18)9-13(16-17)10-3-1-2-4-10/h5-8,10H,1-4,9H2. The number of carbonyl (C=O) groups excluding carboxylic acids is 1. The minimum atomic E-state index is 0.0687. The van der Waals surface area contributed by atoms with Crippen LogP contribution >= 0.6 is 11.6 Å². The van der Waals surface area contributed by atoms with Gasteiger partial charge in [-0.1, -0.05) is 24.4 Å². The summed E-state index contributed by atoms with van der Waals surface area (Å²) in [5.74, 6) is 0.588. The minimum Gasteiger partial charge on any atom is -0.272 e. The average Bonchev–Trinajstić information content (AvgIpc) is 2.99. The van der Waals surface area contributed by atoms with Crippen LogP contribution in [0.25, 0.3) is 0 Å². The molecule has 0 bridgehead atoms. The van der Waals surface area contributed by atoms with Crippen molar-refractivity contribution in [2.45, 2.75) is 32.1 Å². The second kappa shape index (κ2) is 4.73. The number of anilines is 1. The molecule has 0 unspecified atom stereocenters. The van der Waals surface area contributed by atoms with E-state index in [1.807, 2.05) is 12.1 Å². The fourth-order valence-corrected chi connectivity index (χ4v) is 2.84. The molecule has 1 fully saturated rings. The Labute approximate surface area is 111 Å². The highest BCUT2D eigenvalue weighted by Crippen LogP contribution is 2.31. The molecule has 1 aromatic carbocycles. The first-order valence-electron chi connectivity index (χ1n) is 6.40. The topological polar surface area (TPSA) is 32.7 Å². The SMILES string of the molecule is O=C1CC(C2CCCC2)=NN1c1ccc(Cl)cc1.